The van der Waals surface area contributed by atoms with Gasteiger partial charge in [-0.2, -0.15) is 10.4 Å². The number of amides is 1. The smallest absolute Gasteiger partial charge is 0.275 e. The third-order valence-electron chi connectivity index (χ3n) is 6.50. The number of carbonyl (C=O) groups excluding carboxylic acids is 1. The third kappa shape index (κ3) is 5.43. The molecule has 0 bridgehead atoms. The number of hydrogen-bond donors (Lipinski definition) is 3. The predicted octanol–water partition coefficient (Wildman–Crippen LogP) is 1.50. The molecule has 1 amide bonds. The highest BCUT2D eigenvalue weighted by Crippen LogP contribution is 2.27. The van der Waals surface area contributed by atoms with Crippen molar-refractivity contribution in [2.75, 3.05) is 33.0 Å². The molecule has 202 valence electrons. The normalized spacial score (nSPS) is 14.3. The summed E-state index contributed by atoms with van der Waals surface area (Å²) in [6.07, 6.45) is -2.54. The Labute approximate surface area is 220 Å². The van der Waals surface area contributed by atoms with Crippen molar-refractivity contribution in [1.29, 1.82) is 5.26 Å². The zero-order chi connectivity index (χ0) is 27.6. The Morgan fingerprint density at radius 2 is 2.08 bits per heavy atom. The van der Waals surface area contributed by atoms with Crippen molar-refractivity contribution in [3.63, 3.8) is 0 Å². The molecule has 0 unspecified atom stereocenters. The quantitative estimate of drug-likeness (QED) is 0.274. The van der Waals surface area contributed by atoms with E-state index in [0.29, 0.717) is 46.5 Å². The summed E-state index contributed by atoms with van der Waals surface area (Å²) < 4.78 is 36.5. The lowest BCUT2D eigenvalue weighted by Crippen LogP contribution is -2.53. The first-order valence-corrected chi connectivity index (χ1v) is 12.1. The molecule has 2 aromatic heterocycles. The standard InChI is InChI=1S/C26H24F2N6O5/c27-22(28)10-39-21-6-20-19(5-15(21)8-29)31-23(32-20)7-18-16-3-1-2-4-17(16)25(37)34(33-18)9-24(36)30-11-26(12-35)13-38-14-26/h1-6,22,35H,7,9-14H2,(H,30,36)(H,31,32). The first kappa shape index (κ1) is 26.2. The summed E-state index contributed by atoms with van der Waals surface area (Å²) in [5, 5.41) is 27.1. The number of carbonyl (C=O) groups is 1. The molecule has 0 radical (unpaired) electrons. The Kier molecular flexibility index (Phi) is 7.23. The number of nitrogens with one attached hydrogen (secondary N) is 2. The van der Waals surface area contributed by atoms with Crippen LogP contribution < -0.4 is 15.6 Å². The molecule has 3 N–H and O–H groups in total. The molecular weight excluding hydrogens is 514 g/mol. The van der Waals surface area contributed by atoms with Crippen molar-refractivity contribution in [3.05, 3.63) is 63.8 Å². The van der Waals surface area contributed by atoms with Gasteiger partial charge < -0.3 is 24.9 Å². The van der Waals surface area contributed by atoms with E-state index in [1.807, 2.05) is 6.07 Å². The topological polar surface area (TPSA) is 155 Å². The van der Waals surface area contributed by atoms with Gasteiger partial charge >= 0.3 is 0 Å². The number of alkyl halides is 2. The van der Waals surface area contributed by atoms with Gasteiger partial charge in [0.1, 0.15) is 30.8 Å². The monoisotopic (exact) mass is 538 g/mol. The summed E-state index contributed by atoms with van der Waals surface area (Å²) in [5.74, 6) is 0.0248. The number of nitriles is 1. The van der Waals surface area contributed by atoms with Crippen LogP contribution in [0, 0.1) is 16.7 Å². The molecule has 0 saturated carbocycles. The number of aliphatic hydroxyl groups is 1. The van der Waals surface area contributed by atoms with E-state index in [1.165, 1.54) is 12.1 Å². The first-order valence-electron chi connectivity index (χ1n) is 12.1. The Balaban J connectivity index is 1.43. The summed E-state index contributed by atoms with van der Waals surface area (Å²) in [6.45, 7) is -0.399. The Morgan fingerprint density at radius 3 is 2.74 bits per heavy atom. The number of nitrogens with zero attached hydrogens (tertiary/aromatic N) is 4. The number of imidazole rings is 1. The zero-order valence-electron chi connectivity index (χ0n) is 20.6. The van der Waals surface area contributed by atoms with Crippen molar-refractivity contribution < 1.29 is 28.2 Å². The summed E-state index contributed by atoms with van der Waals surface area (Å²) >= 11 is 0. The van der Waals surface area contributed by atoms with Crippen molar-refractivity contribution >= 4 is 27.7 Å². The fourth-order valence-electron chi connectivity index (χ4n) is 4.35. The number of rotatable bonds is 10. The van der Waals surface area contributed by atoms with E-state index in [9.17, 15) is 28.7 Å². The van der Waals surface area contributed by atoms with Crippen molar-refractivity contribution in [3.8, 4) is 11.8 Å². The second kappa shape index (κ2) is 10.8. The average Bonchev–Trinajstić information content (AvgIpc) is 3.30. The molecule has 13 heteroatoms. The van der Waals surface area contributed by atoms with Gasteiger partial charge in [-0.15, -0.1) is 0 Å². The number of hydrogen-bond acceptors (Lipinski definition) is 8. The highest BCUT2D eigenvalue weighted by atomic mass is 19.3. The Morgan fingerprint density at radius 1 is 1.31 bits per heavy atom. The van der Waals surface area contributed by atoms with Crippen LogP contribution in [0.4, 0.5) is 8.78 Å². The lowest BCUT2D eigenvalue weighted by atomic mass is 9.87. The molecule has 1 fully saturated rings. The van der Waals surface area contributed by atoms with Crippen LogP contribution in [-0.4, -0.2) is 70.2 Å². The van der Waals surface area contributed by atoms with Gasteiger partial charge in [0.2, 0.25) is 5.91 Å². The van der Waals surface area contributed by atoms with Crippen LogP contribution in [0.3, 0.4) is 0 Å². The van der Waals surface area contributed by atoms with Crippen molar-refractivity contribution in [2.45, 2.75) is 19.4 Å². The van der Waals surface area contributed by atoms with E-state index < -0.39 is 29.9 Å². The van der Waals surface area contributed by atoms with Crippen LogP contribution in [0.25, 0.3) is 21.8 Å². The maximum absolute atomic E-state index is 13.1. The fourth-order valence-corrected chi connectivity index (χ4v) is 4.35. The number of halogens is 2. The van der Waals surface area contributed by atoms with Crippen LogP contribution in [0.1, 0.15) is 17.1 Å². The van der Waals surface area contributed by atoms with Gasteiger partial charge in [-0.05, 0) is 12.1 Å². The summed E-state index contributed by atoms with van der Waals surface area (Å²) in [7, 11) is 0. The number of aromatic nitrogens is 4. The first-order chi connectivity index (χ1) is 18.8. The van der Waals surface area contributed by atoms with Gasteiger partial charge in [0.05, 0.1) is 59.3 Å². The van der Waals surface area contributed by atoms with Crippen LogP contribution in [0.5, 0.6) is 5.75 Å². The number of ether oxygens (including phenoxy) is 2. The highest BCUT2D eigenvalue weighted by molar-refractivity contribution is 5.85. The Hall–Kier alpha value is -4.41. The minimum absolute atomic E-state index is 0.0140. The molecule has 3 heterocycles. The molecule has 11 nitrogen and oxygen atoms in total. The molecule has 39 heavy (non-hydrogen) atoms. The highest BCUT2D eigenvalue weighted by Gasteiger charge is 2.38. The fraction of sp³-hybridized carbons (Fsp3) is 0.346. The second-order valence-electron chi connectivity index (χ2n) is 9.42. The maximum Gasteiger partial charge on any atom is 0.275 e. The van der Waals surface area contributed by atoms with Crippen LogP contribution in [0.2, 0.25) is 0 Å². The maximum atomic E-state index is 13.1. The molecule has 1 aliphatic rings. The molecule has 0 spiro atoms. The molecule has 1 saturated heterocycles. The van der Waals surface area contributed by atoms with Crippen LogP contribution in [-0.2, 0) is 22.5 Å². The molecule has 2 aromatic carbocycles. The van der Waals surface area contributed by atoms with E-state index in [-0.39, 0.29) is 37.4 Å². The predicted molar refractivity (Wildman–Crippen MR) is 134 cm³/mol. The van der Waals surface area contributed by atoms with E-state index in [0.717, 1.165) is 4.68 Å². The van der Waals surface area contributed by atoms with Gasteiger partial charge in [-0.1, -0.05) is 18.2 Å². The largest absolute Gasteiger partial charge is 0.486 e. The summed E-state index contributed by atoms with van der Waals surface area (Å²) in [5.41, 5.74) is 0.507. The lowest BCUT2D eigenvalue weighted by Gasteiger charge is -2.39. The molecular formula is C26H24F2N6O5. The number of benzene rings is 2. The van der Waals surface area contributed by atoms with Gasteiger partial charge in [-0.25, -0.2) is 18.4 Å². The number of aromatic amines is 1. The summed E-state index contributed by atoms with van der Waals surface area (Å²) in [6, 6.07) is 11.7. The van der Waals surface area contributed by atoms with E-state index in [1.54, 1.807) is 24.3 Å². The molecule has 0 atom stereocenters. The molecule has 1 aliphatic heterocycles. The minimum Gasteiger partial charge on any atom is -0.486 e. The van der Waals surface area contributed by atoms with Gasteiger partial charge in [0.25, 0.3) is 12.0 Å². The van der Waals surface area contributed by atoms with Crippen molar-refractivity contribution in [1.82, 2.24) is 25.1 Å². The molecule has 4 aromatic rings. The SMILES string of the molecule is N#Cc1cc2nc(Cc3nn(CC(=O)NCC4(CO)COC4)c(=O)c4ccccc34)[nH]c2cc1OCC(F)F. The van der Waals surface area contributed by atoms with E-state index in [4.69, 9.17) is 9.47 Å². The van der Waals surface area contributed by atoms with E-state index >= 15 is 0 Å². The van der Waals surface area contributed by atoms with Gasteiger partial charge in [-0.3, -0.25) is 9.59 Å². The molecule has 5 rings (SSSR count). The van der Waals surface area contributed by atoms with Crippen molar-refractivity contribution in [2.24, 2.45) is 5.41 Å². The minimum atomic E-state index is -2.69. The molecule has 0 aliphatic carbocycles. The number of aliphatic hydroxyl groups excluding tert-OH is 1. The van der Waals surface area contributed by atoms with Crippen LogP contribution >= 0.6 is 0 Å². The zero-order valence-corrected chi connectivity index (χ0v) is 20.6. The second-order valence-corrected chi connectivity index (χ2v) is 9.42. The third-order valence-corrected chi connectivity index (χ3v) is 6.50. The lowest BCUT2D eigenvalue weighted by molar-refractivity contribution is -0.141. The Bertz CT molecular complexity index is 1630. The summed E-state index contributed by atoms with van der Waals surface area (Å²) in [4.78, 5) is 33.3. The number of H-pyrrole nitrogens is 1. The average molecular weight is 539 g/mol. The van der Waals surface area contributed by atoms with Gasteiger partial charge in [0.15, 0.2) is 0 Å². The van der Waals surface area contributed by atoms with Crippen LogP contribution in [0.15, 0.2) is 41.2 Å². The number of fused-ring (bicyclic) bond motifs is 2. The van der Waals surface area contributed by atoms with E-state index in [2.05, 4.69) is 20.4 Å². The van der Waals surface area contributed by atoms with Gasteiger partial charge in [0, 0.05) is 18.0 Å².